The summed E-state index contributed by atoms with van der Waals surface area (Å²) in [5.74, 6) is 8.50. The smallest absolute Gasteiger partial charge is 0.245 e. The second-order valence-corrected chi connectivity index (χ2v) is 10.1. The number of thiocarbonyl (C=S) groups is 1. The molecule has 1 saturated heterocycles. The van der Waals surface area contributed by atoms with Crippen molar-refractivity contribution in [2.75, 3.05) is 13.1 Å². The van der Waals surface area contributed by atoms with Gasteiger partial charge in [-0.25, -0.2) is 0 Å². The Bertz CT molecular complexity index is 595. The Hall–Kier alpha value is -1.12. The topological polar surface area (TPSA) is 58.4 Å². The molecule has 2 unspecified atom stereocenters. The standard InChI is InChI=1S/C23H39N3OS/c1-5-6-9-17-14-18(15-17)10-7-11-19-12-8-13-26(19)22(27)21(23(2,3)4)25-20(28)16-24/h17-19,21H,5-6,8-9,11-16,24H2,1-4H3,(H,25,28). The van der Waals surface area contributed by atoms with E-state index in [4.69, 9.17) is 18.0 Å². The van der Waals surface area contributed by atoms with Gasteiger partial charge in [-0.05, 0) is 37.0 Å². The van der Waals surface area contributed by atoms with Crippen LogP contribution in [0.4, 0.5) is 0 Å². The Morgan fingerprint density at radius 3 is 2.68 bits per heavy atom. The molecule has 1 aliphatic carbocycles. The fraction of sp³-hybridized carbons (Fsp3) is 0.826. The maximum absolute atomic E-state index is 13.3. The van der Waals surface area contributed by atoms with Gasteiger partial charge >= 0.3 is 0 Å². The Labute approximate surface area is 177 Å². The quantitative estimate of drug-likeness (QED) is 0.498. The van der Waals surface area contributed by atoms with Gasteiger partial charge in [0.05, 0.1) is 4.99 Å². The van der Waals surface area contributed by atoms with Crippen LogP contribution in [0.3, 0.4) is 0 Å². The Balaban J connectivity index is 1.90. The normalized spacial score (nSPS) is 25.5. The van der Waals surface area contributed by atoms with Gasteiger partial charge < -0.3 is 16.0 Å². The summed E-state index contributed by atoms with van der Waals surface area (Å²) in [7, 11) is 0. The van der Waals surface area contributed by atoms with Crippen molar-refractivity contribution in [1.29, 1.82) is 0 Å². The predicted octanol–water partition coefficient (Wildman–Crippen LogP) is 3.88. The van der Waals surface area contributed by atoms with Crippen molar-refractivity contribution in [3.8, 4) is 11.8 Å². The molecule has 1 aliphatic heterocycles. The van der Waals surface area contributed by atoms with Crippen molar-refractivity contribution in [3.05, 3.63) is 0 Å². The maximum atomic E-state index is 13.3. The molecule has 0 aromatic heterocycles. The molecule has 2 atom stereocenters. The summed E-state index contributed by atoms with van der Waals surface area (Å²) in [5, 5.41) is 3.20. The molecular formula is C23H39N3OS. The molecule has 1 amide bonds. The van der Waals surface area contributed by atoms with Crippen LogP contribution in [0.15, 0.2) is 0 Å². The van der Waals surface area contributed by atoms with Gasteiger partial charge in [0.25, 0.3) is 0 Å². The summed E-state index contributed by atoms with van der Waals surface area (Å²) in [6, 6.07) is -0.114. The minimum atomic E-state index is -0.344. The molecule has 2 aliphatic rings. The number of unbranched alkanes of at least 4 members (excludes halogenated alkanes) is 1. The highest BCUT2D eigenvalue weighted by Gasteiger charge is 2.38. The summed E-state index contributed by atoms with van der Waals surface area (Å²) in [5.41, 5.74) is 5.42. The zero-order valence-electron chi connectivity index (χ0n) is 18.2. The molecule has 4 nitrogen and oxygen atoms in total. The fourth-order valence-electron chi connectivity index (χ4n) is 4.28. The minimum absolute atomic E-state index is 0.135. The zero-order chi connectivity index (χ0) is 20.7. The second-order valence-electron chi connectivity index (χ2n) is 9.60. The molecule has 3 N–H and O–H groups in total. The Morgan fingerprint density at radius 1 is 1.36 bits per heavy atom. The van der Waals surface area contributed by atoms with E-state index < -0.39 is 0 Å². The molecule has 0 bridgehead atoms. The molecule has 0 spiro atoms. The van der Waals surface area contributed by atoms with Crippen molar-refractivity contribution in [2.24, 2.45) is 23.0 Å². The van der Waals surface area contributed by atoms with E-state index in [2.05, 4.69) is 44.9 Å². The third-order valence-electron chi connectivity index (χ3n) is 6.11. The number of nitrogens with zero attached hydrogens (tertiary/aromatic N) is 1. The molecule has 2 rings (SSSR count). The van der Waals surface area contributed by atoms with Crippen LogP contribution in [0.5, 0.6) is 0 Å². The first-order valence-corrected chi connectivity index (χ1v) is 11.4. The largest absolute Gasteiger partial charge is 0.367 e. The average Bonchev–Trinajstić information content (AvgIpc) is 3.07. The van der Waals surface area contributed by atoms with E-state index >= 15 is 0 Å². The lowest BCUT2D eigenvalue weighted by atomic mass is 9.73. The van der Waals surface area contributed by atoms with Crippen molar-refractivity contribution in [3.63, 3.8) is 0 Å². The van der Waals surface area contributed by atoms with Gasteiger partial charge in [0.15, 0.2) is 0 Å². The summed E-state index contributed by atoms with van der Waals surface area (Å²) >= 11 is 5.25. The first-order chi connectivity index (χ1) is 13.3. The molecule has 0 aromatic carbocycles. The van der Waals surface area contributed by atoms with Gasteiger partial charge in [0.2, 0.25) is 5.91 Å². The molecule has 0 aromatic rings. The Kier molecular flexibility index (Phi) is 8.77. The van der Waals surface area contributed by atoms with Gasteiger partial charge in [-0.2, -0.15) is 0 Å². The van der Waals surface area contributed by atoms with Crippen LogP contribution in [0.25, 0.3) is 0 Å². The van der Waals surface area contributed by atoms with Gasteiger partial charge in [0, 0.05) is 31.5 Å². The van der Waals surface area contributed by atoms with Crippen LogP contribution in [-0.2, 0) is 4.79 Å². The van der Waals surface area contributed by atoms with E-state index in [1.807, 2.05) is 4.90 Å². The molecular weight excluding hydrogens is 366 g/mol. The molecule has 28 heavy (non-hydrogen) atoms. The number of nitrogens with one attached hydrogen (secondary N) is 1. The summed E-state index contributed by atoms with van der Waals surface area (Å²) in [4.78, 5) is 15.9. The number of likely N-dealkylation sites (tertiary alicyclic amines) is 1. The van der Waals surface area contributed by atoms with Crippen LogP contribution < -0.4 is 11.1 Å². The number of hydrogen-bond acceptors (Lipinski definition) is 3. The van der Waals surface area contributed by atoms with Crippen molar-refractivity contribution in [1.82, 2.24) is 10.2 Å². The third-order valence-corrected chi connectivity index (χ3v) is 6.39. The predicted molar refractivity (Wildman–Crippen MR) is 121 cm³/mol. The van der Waals surface area contributed by atoms with E-state index in [1.54, 1.807) is 0 Å². The fourth-order valence-corrected chi connectivity index (χ4v) is 4.39. The van der Waals surface area contributed by atoms with Crippen molar-refractivity contribution < 1.29 is 4.79 Å². The number of nitrogens with two attached hydrogens (primary N) is 1. The van der Waals surface area contributed by atoms with Gasteiger partial charge in [0.1, 0.15) is 6.04 Å². The Morgan fingerprint density at radius 2 is 2.07 bits per heavy atom. The lowest BCUT2D eigenvalue weighted by Crippen LogP contribution is -2.56. The lowest BCUT2D eigenvalue weighted by molar-refractivity contribution is -0.136. The summed E-state index contributed by atoms with van der Waals surface area (Å²) in [6.45, 7) is 9.55. The maximum Gasteiger partial charge on any atom is 0.245 e. The van der Waals surface area contributed by atoms with Crippen LogP contribution >= 0.6 is 12.2 Å². The van der Waals surface area contributed by atoms with Gasteiger partial charge in [-0.15, -0.1) is 5.92 Å². The second kappa shape index (κ2) is 10.6. The molecule has 1 heterocycles. The highest BCUT2D eigenvalue weighted by atomic mass is 32.1. The summed E-state index contributed by atoms with van der Waals surface area (Å²) < 4.78 is 0. The first kappa shape index (κ1) is 23.2. The van der Waals surface area contributed by atoms with Crippen LogP contribution in [0.2, 0.25) is 0 Å². The molecule has 0 radical (unpaired) electrons. The van der Waals surface area contributed by atoms with E-state index in [1.165, 1.54) is 32.1 Å². The summed E-state index contributed by atoms with van der Waals surface area (Å²) in [6.07, 6.45) is 9.44. The highest BCUT2D eigenvalue weighted by Crippen LogP contribution is 2.36. The van der Waals surface area contributed by atoms with Gasteiger partial charge in [-0.1, -0.05) is 65.1 Å². The lowest BCUT2D eigenvalue weighted by Gasteiger charge is -2.36. The van der Waals surface area contributed by atoms with E-state index in [-0.39, 0.29) is 30.0 Å². The minimum Gasteiger partial charge on any atom is -0.367 e. The zero-order valence-corrected chi connectivity index (χ0v) is 19.0. The molecule has 2 fully saturated rings. The van der Waals surface area contributed by atoms with Crippen LogP contribution in [0.1, 0.15) is 79.1 Å². The van der Waals surface area contributed by atoms with Gasteiger partial charge in [-0.3, -0.25) is 4.79 Å². The highest BCUT2D eigenvalue weighted by molar-refractivity contribution is 7.80. The van der Waals surface area contributed by atoms with E-state index in [0.717, 1.165) is 31.7 Å². The van der Waals surface area contributed by atoms with Crippen LogP contribution in [0, 0.1) is 29.1 Å². The monoisotopic (exact) mass is 405 g/mol. The third kappa shape index (κ3) is 6.46. The molecule has 1 saturated carbocycles. The van der Waals surface area contributed by atoms with E-state index in [9.17, 15) is 4.79 Å². The first-order valence-electron chi connectivity index (χ1n) is 11.0. The number of amides is 1. The average molecular weight is 406 g/mol. The van der Waals surface area contributed by atoms with Crippen LogP contribution in [-0.4, -0.2) is 41.0 Å². The molecule has 158 valence electrons. The number of hydrogen-bond donors (Lipinski definition) is 2. The van der Waals surface area contributed by atoms with Crippen molar-refractivity contribution >= 4 is 23.1 Å². The van der Waals surface area contributed by atoms with Crippen molar-refractivity contribution in [2.45, 2.75) is 91.1 Å². The number of carbonyl (C=O) groups is 1. The SMILES string of the molecule is CCCCC1CC(C#CCC2CCCN2C(=O)C(NC(=S)CN)C(C)(C)C)C1. The van der Waals surface area contributed by atoms with E-state index in [0.29, 0.717) is 10.9 Å². The number of carbonyl (C=O) groups excluding carboxylic acids is 1. The number of rotatable bonds is 7. The molecule has 5 heteroatoms.